The zero-order valence-corrected chi connectivity index (χ0v) is 12.7. The van der Waals surface area contributed by atoms with Crippen LogP contribution in [0.1, 0.15) is 28.8 Å². The van der Waals surface area contributed by atoms with Crippen LogP contribution in [0.5, 0.6) is 0 Å². The Hall–Kier alpha value is -1.67. The Bertz CT molecular complexity index is 549. The molecule has 106 valence electrons. The largest absolute Gasteiger partial charge is 0.317 e. The van der Waals surface area contributed by atoms with Crippen molar-refractivity contribution in [1.29, 1.82) is 0 Å². The Labute approximate surface area is 122 Å². The third-order valence-electron chi connectivity index (χ3n) is 3.83. The van der Waals surface area contributed by atoms with Gasteiger partial charge in [-0.3, -0.25) is 4.98 Å². The molecular weight excluding hydrogens is 244 g/mol. The van der Waals surface area contributed by atoms with E-state index in [1.165, 1.54) is 22.4 Å². The molecule has 0 aliphatic rings. The van der Waals surface area contributed by atoms with Crippen molar-refractivity contribution in [3.63, 3.8) is 0 Å². The molecule has 0 fully saturated rings. The standard InChI is InChI=1S/C18H24N2/c1-14-6-4-8-16(12-14)9-10-17(19-3)13-18-15(2)7-5-11-20-18/h4-8,11-12,17,19H,9-10,13H2,1-3H3. The molecule has 0 radical (unpaired) electrons. The number of nitrogens with one attached hydrogen (secondary N) is 1. The van der Waals surface area contributed by atoms with Crippen LogP contribution in [0.4, 0.5) is 0 Å². The van der Waals surface area contributed by atoms with E-state index in [0.29, 0.717) is 6.04 Å². The molecule has 2 nitrogen and oxygen atoms in total. The smallest absolute Gasteiger partial charge is 0.0448 e. The number of pyridine rings is 1. The van der Waals surface area contributed by atoms with E-state index in [1.54, 1.807) is 0 Å². The molecule has 1 heterocycles. The fraction of sp³-hybridized carbons (Fsp3) is 0.389. The number of rotatable bonds is 6. The van der Waals surface area contributed by atoms with Crippen LogP contribution in [-0.2, 0) is 12.8 Å². The minimum Gasteiger partial charge on any atom is -0.317 e. The second-order valence-corrected chi connectivity index (χ2v) is 5.48. The normalized spacial score (nSPS) is 12.3. The van der Waals surface area contributed by atoms with Gasteiger partial charge < -0.3 is 5.32 Å². The summed E-state index contributed by atoms with van der Waals surface area (Å²) in [6, 6.07) is 13.4. The molecule has 1 aromatic heterocycles. The zero-order chi connectivity index (χ0) is 14.4. The van der Waals surface area contributed by atoms with Gasteiger partial charge in [0.1, 0.15) is 0 Å². The average molecular weight is 268 g/mol. The highest BCUT2D eigenvalue weighted by Gasteiger charge is 2.10. The maximum atomic E-state index is 4.50. The Morgan fingerprint density at radius 3 is 2.70 bits per heavy atom. The second-order valence-electron chi connectivity index (χ2n) is 5.48. The van der Waals surface area contributed by atoms with Crippen LogP contribution >= 0.6 is 0 Å². The van der Waals surface area contributed by atoms with Crippen LogP contribution in [-0.4, -0.2) is 18.1 Å². The SMILES string of the molecule is CNC(CCc1cccc(C)c1)Cc1ncccc1C. The molecular formula is C18H24N2. The Morgan fingerprint density at radius 1 is 1.15 bits per heavy atom. The molecule has 0 aliphatic heterocycles. The first-order chi connectivity index (χ1) is 9.69. The molecule has 0 bridgehead atoms. The van der Waals surface area contributed by atoms with Crippen LogP contribution in [0.2, 0.25) is 0 Å². The topological polar surface area (TPSA) is 24.9 Å². The summed E-state index contributed by atoms with van der Waals surface area (Å²) in [4.78, 5) is 4.50. The molecule has 2 rings (SSSR count). The monoisotopic (exact) mass is 268 g/mol. The summed E-state index contributed by atoms with van der Waals surface area (Å²) in [5, 5.41) is 3.42. The van der Waals surface area contributed by atoms with E-state index in [4.69, 9.17) is 0 Å². The molecule has 20 heavy (non-hydrogen) atoms. The van der Waals surface area contributed by atoms with Crippen LogP contribution in [0.25, 0.3) is 0 Å². The van der Waals surface area contributed by atoms with Crippen molar-refractivity contribution >= 4 is 0 Å². The molecule has 1 unspecified atom stereocenters. The van der Waals surface area contributed by atoms with E-state index < -0.39 is 0 Å². The van der Waals surface area contributed by atoms with Gasteiger partial charge in [-0.05, 0) is 50.9 Å². The fourth-order valence-corrected chi connectivity index (χ4v) is 2.52. The molecule has 1 aromatic carbocycles. The number of likely N-dealkylation sites (N-methyl/N-ethyl adjacent to an activating group) is 1. The summed E-state index contributed by atoms with van der Waals surface area (Å²) < 4.78 is 0. The average Bonchev–Trinajstić information content (AvgIpc) is 2.45. The van der Waals surface area contributed by atoms with Crippen LogP contribution < -0.4 is 5.32 Å². The first kappa shape index (κ1) is 14.7. The summed E-state index contributed by atoms with van der Waals surface area (Å²) >= 11 is 0. The second kappa shape index (κ2) is 7.20. The van der Waals surface area contributed by atoms with Crippen LogP contribution in [0, 0.1) is 13.8 Å². The van der Waals surface area contributed by atoms with Gasteiger partial charge >= 0.3 is 0 Å². The van der Waals surface area contributed by atoms with Gasteiger partial charge in [0.15, 0.2) is 0 Å². The summed E-state index contributed by atoms with van der Waals surface area (Å²) in [5.41, 5.74) is 5.24. The van der Waals surface area contributed by atoms with E-state index in [0.717, 1.165) is 19.3 Å². The van der Waals surface area contributed by atoms with Crippen LogP contribution in [0.15, 0.2) is 42.6 Å². The highest BCUT2D eigenvalue weighted by molar-refractivity contribution is 5.23. The van der Waals surface area contributed by atoms with Crippen molar-refractivity contribution in [3.8, 4) is 0 Å². The third-order valence-corrected chi connectivity index (χ3v) is 3.83. The lowest BCUT2D eigenvalue weighted by Gasteiger charge is -2.17. The molecule has 2 heteroatoms. The predicted octanol–water partition coefficient (Wildman–Crippen LogP) is 3.46. The Kier molecular flexibility index (Phi) is 5.31. The molecule has 0 saturated heterocycles. The summed E-state index contributed by atoms with van der Waals surface area (Å²) in [7, 11) is 2.04. The third kappa shape index (κ3) is 4.17. The molecule has 0 amide bonds. The van der Waals surface area contributed by atoms with Crippen molar-refractivity contribution < 1.29 is 0 Å². The van der Waals surface area contributed by atoms with Crippen molar-refractivity contribution in [1.82, 2.24) is 10.3 Å². The van der Waals surface area contributed by atoms with E-state index in [-0.39, 0.29) is 0 Å². The highest BCUT2D eigenvalue weighted by Crippen LogP contribution is 2.12. The van der Waals surface area contributed by atoms with E-state index in [1.807, 2.05) is 19.3 Å². The summed E-state index contributed by atoms with van der Waals surface area (Å²) in [6.45, 7) is 4.28. The lowest BCUT2D eigenvalue weighted by atomic mass is 9.99. The van der Waals surface area contributed by atoms with Gasteiger partial charge in [-0.2, -0.15) is 0 Å². The molecule has 0 spiro atoms. The Balaban J connectivity index is 1.94. The van der Waals surface area contributed by atoms with E-state index in [9.17, 15) is 0 Å². The zero-order valence-electron chi connectivity index (χ0n) is 12.7. The van der Waals surface area contributed by atoms with Gasteiger partial charge in [0, 0.05) is 24.4 Å². The van der Waals surface area contributed by atoms with Crippen molar-refractivity contribution in [2.24, 2.45) is 0 Å². The van der Waals surface area contributed by atoms with Gasteiger partial charge in [0.25, 0.3) is 0 Å². The number of nitrogens with zero attached hydrogens (tertiary/aromatic N) is 1. The van der Waals surface area contributed by atoms with E-state index >= 15 is 0 Å². The minimum absolute atomic E-state index is 0.476. The minimum atomic E-state index is 0.476. The Morgan fingerprint density at radius 2 is 2.00 bits per heavy atom. The fourth-order valence-electron chi connectivity index (χ4n) is 2.52. The van der Waals surface area contributed by atoms with Gasteiger partial charge in [0.2, 0.25) is 0 Å². The maximum Gasteiger partial charge on any atom is 0.0448 e. The number of hydrogen-bond donors (Lipinski definition) is 1. The van der Waals surface area contributed by atoms with Crippen molar-refractivity contribution in [2.75, 3.05) is 7.05 Å². The number of aryl methyl sites for hydroxylation is 3. The van der Waals surface area contributed by atoms with Gasteiger partial charge in [-0.1, -0.05) is 35.9 Å². The van der Waals surface area contributed by atoms with Crippen molar-refractivity contribution in [3.05, 3.63) is 65.0 Å². The molecule has 1 N–H and O–H groups in total. The first-order valence-corrected chi connectivity index (χ1v) is 7.32. The first-order valence-electron chi connectivity index (χ1n) is 7.32. The molecule has 0 aliphatic carbocycles. The van der Waals surface area contributed by atoms with Gasteiger partial charge in [-0.25, -0.2) is 0 Å². The lowest BCUT2D eigenvalue weighted by molar-refractivity contribution is 0.514. The van der Waals surface area contributed by atoms with Crippen molar-refractivity contribution in [2.45, 2.75) is 39.2 Å². The van der Waals surface area contributed by atoms with E-state index in [2.05, 4.69) is 54.5 Å². The van der Waals surface area contributed by atoms with Gasteiger partial charge in [0.05, 0.1) is 0 Å². The number of benzene rings is 1. The number of hydrogen-bond acceptors (Lipinski definition) is 2. The highest BCUT2D eigenvalue weighted by atomic mass is 14.9. The van der Waals surface area contributed by atoms with Crippen LogP contribution in [0.3, 0.4) is 0 Å². The lowest BCUT2D eigenvalue weighted by Crippen LogP contribution is -2.28. The molecule has 2 aromatic rings. The molecule has 0 saturated carbocycles. The number of aromatic nitrogens is 1. The molecule has 1 atom stereocenters. The summed E-state index contributed by atoms with van der Waals surface area (Å²) in [6.07, 6.45) is 5.12. The predicted molar refractivity (Wildman–Crippen MR) is 85.0 cm³/mol. The quantitative estimate of drug-likeness (QED) is 0.868. The van der Waals surface area contributed by atoms with Gasteiger partial charge in [-0.15, -0.1) is 0 Å². The maximum absolute atomic E-state index is 4.50. The summed E-state index contributed by atoms with van der Waals surface area (Å²) in [5.74, 6) is 0.